The summed E-state index contributed by atoms with van der Waals surface area (Å²) in [6, 6.07) is 16.2. The van der Waals surface area contributed by atoms with Crippen LogP contribution < -0.4 is 29.1 Å². The second-order valence-electron chi connectivity index (χ2n) is 7.21. The lowest BCUT2D eigenvalue weighted by molar-refractivity contribution is 0.0734. The Morgan fingerprint density at radius 2 is 1.73 bits per heavy atom. The first kappa shape index (κ1) is 20.4. The molecule has 0 radical (unpaired) electrons. The molecule has 0 spiro atoms. The van der Waals surface area contributed by atoms with Gasteiger partial charge in [0.05, 0.1) is 18.1 Å². The number of methoxy groups -OCH3 is 1. The number of hydrogen-bond donors (Lipinski definition) is 0. The van der Waals surface area contributed by atoms with Crippen molar-refractivity contribution in [3.05, 3.63) is 82.2 Å². The van der Waals surface area contributed by atoms with Crippen LogP contribution in [0.4, 0.5) is 0 Å². The zero-order chi connectivity index (χ0) is 22.9. The van der Waals surface area contributed by atoms with Crippen molar-refractivity contribution in [2.24, 2.45) is 0 Å². The van der Waals surface area contributed by atoms with Gasteiger partial charge in [-0.1, -0.05) is 6.07 Å². The van der Waals surface area contributed by atoms with E-state index in [4.69, 9.17) is 28.1 Å². The largest absolute Gasteiger partial charge is 0.497 e. The summed E-state index contributed by atoms with van der Waals surface area (Å²) in [7, 11) is 1.55. The van der Waals surface area contributed by atoms with Gasteiger partial charge in [-0.05, 0) is 49.4 Å². The van der Waals surface area contributed by atoms with Crippen LogP contribution in [-0.2, 0) is 0 Å². The Kier molecular flexibility index (Phi) is 5.10. The van der Waals surface area contributed by atoms with Gasteiger partial charge in [0.15, 0.2) is 11.5 Å². The summed E-state index contributed by atoms with van der Waals surface area (Å²) >= 11 is 0. The summed E-state index contributed by atoms with van der Waals surface area (Å²) in [5.41, 5.74) is 0.232. The number of carbonyl (C=O) groups is 1. The first-order chi connectivity index (χ1) is 16.0. The topological polar surface area (TPSA) is 93.4 Å². The van der Waals surface area contributed by atoms with E-state index in [-0.39, 0.29) is 35.1 Å². The molecule has 0 amide bonds. The van der Waals surface area contributed by atoms with Crippen LogP contribution in [-0.4, -0.2) is 19.9 Å². The number of rotatable bonds is 5. The van der Waals surface area contributed by atoms with E-state index in [1.807, 2.05) is 0 Å². The fraction of sp³-hybridized carbons (Fsp3) is 0.120. The number of esters is 1. The maximum Gasteiger partial charge on any atom is 0.343 e. The van der Waals surface area contributed by atoms with E-state index in [0.29, 0.717) is 33.9 Å². The van der Waals surface area contributed by atoms with Crippen LogP contribution in [0.3, 0.4) is 0 Å². The van der Waals surface area contributed by atoms with Gasteiger partial charge in [0, 0.05) is 12.1 Å². The average molecular weight is 446 g/mol. The monoisotopic (exact) mass is 446 g/mol. The molecule has 0 unspecified atom stereocenters. The molecule has 4 aromatic rings. The van der Waals surface area contributed by atoms with Gasteiger partial charge in [0.1, 0.15) is 28.6 Å². The van der Waals surface area contributed by atoms with Crippen LogP contribution in [0, 0.1) is 6.92 Å². The van der Waals surface area contributed by atoms with Crippen LogP contribution in [0.25, 0.3) is 11.0 Å². The van der Waals surface area contributed by atoms with E-state index >= 15 is 0 Å². The third-order valence-electron chi connectivity index (χ3n) is 5.07. The third-order valence-corrected chi connectivity index (χ3v) is 5.07. The van der Waals surface area contributed by atoms with Crippen molar-refractivity contribution in [1.82, 2.24) is 0 Å². The minimum atomic E-state index is -0.579. The molecule has 1 aliphatic heterocycles. The number of hydrogen-bond acceptors (Lipinski definition) is 8. The second kappa shape index (κ2) is 8.23. The molecule has 1 aromatic heterocycles. The van der Waals surface area contributed by atoms with Gasteiger partial charge in [-0.25, -0.2) is 4.79 Å². The van der Waals surface area contributed by atoms with Gasteiger partial charge in [0.2, 0.25) is 18.0 Å². The van der Waals surface area contributed by atoms with Crippen molar-refractivity contribution >= 4 is 16.9 Å². The number of benzene rings is 3. The number of ether oxygens (including phenoxy) is 5. The summed E-state index contributed by atoms with van der Waals surface area (Å²) in [5.74, 6) is 2.10. The van der Waals surface area contributed by atoms with Gasteiger partial charge in [0.25, 0.3) is 0 Å². The molecule has 1 aliphatic rings. The van der Waals surface area contributed by atoms with E-state index in [9.17, 15) is 9.59 Å². The summed E-state index contributed by atoms with van der Waals surface area (Å²) < 4.78 is 32.8. The van der Waals surface area contributed by atoms with E-state index in [1.165, 1.54) is 18.2 Å². The molecule has 8 nitrogen and oxygen atoms in total. The molecular weight excluding hydrogens is 428 g/mol. The van der Waals surface area contributed by atoms with Crippen LogP contribution in [0.1, 0.15) is 16.1 Å². The van der Waals surface area contributed by atoms with Crippen molar-refractivity contribution in [2.45, 2.75) is 6.92 Å². The Bertz CT molecular complexity index is 1440. The maximum absolute atomic E-state index is 13.0. The third kappa shape index (κ3) is 3.94. The first-order valence-corrected chi connectivity index (χ1v) is 10.0. The predicted molar refractivity (Wildman–Crippen MR) is 118 cm³/mol. The molecule has 8 heteroatoms. The summed E-state index contributed by atoms with van der Waals surface area (Å²) in [6.07, 6.45) is 0. The zero-order valence-corrected chi connectivity index (χ0v) is 17.7. The Morgan fingerprint density at radius 1 is 0.909 bits per heavy atom. The summed E-state index contributed by atoms with van der Waals surface area (Å²) in [5, 5.41) is 0.293. The molecule has 2 heterocycles. The van der Waals surface area contributed by atoms with Gasteiger partial charge in [-0.15, -0.1) is 0 Å². The lowest BCUT2D eigenvalue weighted by atomic mass is 10.2. The van der Waals surface area contributed by atoms with Crippen molar-refractivity contribution < 1.29 is 32.9 Å². The normalized spacial score (nSPS) is 11.9. The van der Waals surface area contributed by atoms with Gasteiger partial charge >= 0.3 is 5.97 Å². The Labute approximate surface area is 187 Å². The lowest BCUT2D eigenvalue weighted by Crippen LogP contribution is -2.10. The number of carbonyl (C=O) groups excluding carboxylic acids is 1. The molecular formula is C25H18O8. The van der Waals surface area contributed by atoms with E-state index in [2.05, 4.69) is 0 Å². The van der Waals surface area contributed by atoms with Crippen LogP contribution in [0.2, 0.25) is 0 Å². The summed E-state index contributed by atoms with van der Waals surface area (Å²) in [6.45, 7) is 1.74. The van der Waals surface area contributed by atoms with Crippen LogP contribution in [0.5, 0.6) is 34.5 Å². The SMILES string of the molecule is COc1cccc(Oc2c(C)oc3cc(OC(=O)c4ccc5c(c4)OCO5)ccc3c2=O)c1. The molecule has 5 rings (SSSR count). The van der Waals surface area contributed by atoms with Gasteiger partial charge in [-0.3, -0.25) is 4.79 Å². The molecule has 0 atom stereocenters. The van der Waals surface area contributed by atoms with Crippen molar-refractivity contribution in [1.29, 1.82) is 0 Å². The second-order valence-corrected chi connectivity index (χ2v) is 7.21. The molecule has 0 aliphatic carbocycles. The van der Waals surface area contributed by atoms with E-state index < -0.39 is 5.97 Å². The molecule has 0 saturated carbocycles. The molecule has 0 bridgehead atoms. The standard InChI is InChI=1S/C25H18O8/c1-14-24(32-17-5-3-4-16(11-17)28-2)23(26)19-8-7-18(12-21(19)31-14)33-25(27)15-6-9-20-22(10-15)30-13-29-20/h3-12H,13H2,1-2H3. The summed E-state index contributed by atoms with van der Waals surface area (Å²) in [4.78, 5) is 25.6. The minimum absolute atomic E-state index is 0.0702. The highest BCUT2D eigenvalue weighted by molar-refractivity contribution is 5.92. The van der Waals surface area contributed by atoms with Gasteiger partial charge < -0.3 is 28.1 Å². The van der Waals surface area contributed by atoms with Gasteiger partial charge in [-0.2, -0.15) is 0 Å². The van der Waals surface area contributed by atoms with E-state index in [0.717, 1.165) is 0 Å². The highest BCUT2D eigenvalue weighted by Gasteiger charge is 2.19. The lowest BCUT2D eigenvalue weighted by Gasteiger charge is -2.10. The van der Waals surface area contributed by atoms with Crippen molar-refractivity contribution in [3.8, 4) is 34.5 Å². The quantitative estimate of drug-likeness (QED) is 0.317. The molecule has 33 heavy (non-hydrogen) atoms. The maximum atomic E-state index is 13.0. The molecule has 0 N–H and O–H groups in total. The predicted octanol–water partition coefficient (Wildman–Crippen LogP) is 4.85. The van der Waals surface area contributed by atoms with Crippen molar-refractivity contribution in [2.75, 3.05) is 13.9 Å². The fourth-order valence-corrected chi connectivity index (χ4v) is 3.42. The molecule has 0 saturated heterocycles. The Balaban J connectivity index is 1.42. The number of aryl methyl sites for hydroxylation is 1. The zero-order valence-electron chi connectivity index (χ0n) is 17.7. The first-order valence-electron chi connectivity index (χ1n) is 10.0. The Hall–Kier alpha value is -4.46. The number of fused-ring (bicyclic) bond motifs is 2. The highest BCUT2D eigenvalue weighted by Crippen LogP contribution is 2.33. The average Bonchev–Trinajstić information content (AvgIpc) is 3.30. The highest BCUT2D eigenvalue weighted by atomic mass is 16.7. The Morgan fingerprint density at radius 3 is 2.58 bits per heavy atom. The van der Waals surface area contributed by atoms with E-state index in [1.54, 1.807) is 56.5 Å². The molecule has 3 aromatic carbocycles. The fourth-order valence-electron chi connectivity index (χ4n) is 3.42. The van der Waals surface area contributed by atoms with Crippen LogP contribution in [0.15, 0.2) is 69.9 Å². The smallest absolute Gasteiger partial charge is 0.343 e. The molecule has 166 valence electrons. The minimum Gasteiger partial charge on any atom is -0.497 e. The molecule has 0 fully saturated rings. The van der Waals surface area contributed by atoms with Crippen LogP contribution >= 0.6 is 0 Å². The van der Waals surface area contributed by atoms with Crippen molar-refractivity contribution in [3.63, 3.8) is 0 Å².